The molecule has 482 valence electrons. The highest BCUT2D eigenvalue weighted by Gasteiger charge is 2.53. The van der Waals surface area contributed by atoms with E-state index in [0.29, 0.717) is 22.8 Å². The molecule has 14 aromatic rings. The van der Waals surface area contributed by atoms with Gasteiger partial charge in [0.15, 0.2) is 23.2 Å². The Morgan fingerprint density at radius 3 is 1.01 bits per heavy atom. The monoisotopic (exact) mass is 1360 g/mol. The first-order valence-electron chi connectivity index (χ1n) is 33.6. The van der Waals surface area contributed by atoms with Crippen molar-refractivity contribution in [3.8, 4) is 56.5 Å². The minimum absolute atomic E-state index is 0.0190. The lowest BCUT2D eigenvalue weighted by atomic mass is 9.59. The highest BCUT2D eigenvalue weighted by atomic mass is 79.9. The molecule has 0 bridgehead atoms. The quantitative estimate of drug-likeness (QED) is 0.125. The fourth-order valence-electron chi connectivity index (χ4n) is 14.3. The number of benzene rings is 12. The Balaban J connectivity index is 0.000000128. The average Bonchev–Trinajstić information content (AvgIpc) is 0.831. The van der Waals surface area contributed by atoms with Crippen LogP contribution >= 0.6 is 15.9 Å². The summed E-state index contributed by atoms with van der Waals surface area (Å²) in [5.41, 5.74) is 17.4. The molecule has 17 rings (SSSR count). The Morgan fingerprint density at radius 1 is 0.290 bits per heavy atom. The van der Waals surface area contributed by atoms with Crippen molar-refractivity contribution in [2.75, 3.05) is 0 Å². The summed E-state index contributed by atoms with van der Waals surface area (Å²) in [4.78, 5) is 47.4. The Kier molecular flexibility index (Phi) is 17.5. The number of hydrogen-bond donors (Lipinski definition) is 0. The molecule has 100 heavy (non-hydrogen) atoms. The molecule has 1 saturated heterocycles. The molecule has 8 nitrogen and oxygen atoms in total. The minimum Gasteiger partial charge on any atom is -0.398 e. The Labute approximate surface area is 592 Å². The van der Waals surface area contributed by atoms with Crippen molar-refractivity contribution >= 4 is 40.2 Å². The van der Waals surface area contributed by atoms with Crippen molar-refractivity contribution < 1.29 is 18.9 Å². The second-order valence-corrected chi connectivity index (χ2v) is 27.1. The number of nitrogens with zero attached hydrogens (tertiary/aromatic N) is 4. The molecule has 2 aliphatic carbocycles. The third-order valence-corrected chi connectivity index (χ3v) is 20.2. The molecule has 2 aromatic heterocycles. The molecule has 0 N–H and O–H groups in total. The van der Waals surface area contributed by atoms with Gasteiger partial charge in [0.2, 0.25) is 0 Å². The van der Waals surface area contributed by atoms with Gasteiger partial charge in [-0.25, -0.2) is 19.9 Å². The molecular formula is C90H68BBrN4O4. The second kappa shape index (κ2) is 27.1. The van der Waals surface area contributed by atoms with Gasteiger partial charge in [-0.3, -0.25) is 9.59 Å². The number of carbonyl (C=O) groups is 2. The van der Waals surface area contributed by atoms with Crippen LogP contribution in [0.5, 0.6) is 0 Å². The van der Waals surface area contributed by atoms with E-state index in [-0.39, 0.29) is 11.6 Å². The van der Waals surface area contributed by atoms with E-state index in [1.54, 1.807) is 0 Å². The number of ketones is 2. The van der Waals surface area contributed by atoms with E-state index in [4.69, 9.17) is 29.2 Å². The first kappa shape index (κ1) is 64.6. The molecule has 1 fully saturated rings. The molecule has 0 atom stereocenters. The summed E-state index contributed by atoms with van der Waals surface area (Å²) >= 11 is 3.56. The van der Waals surface area contributed by atoms with Crippen molar-refractivity contribution in [1.82, 2.24) is 19.9 Å². The molecule has 3 aliphatic rings. The Hall–Kier alpha value is -11.4. The van der Waals surface area contributed by atoms with Gasteiger partial charge in [-0.2, -0.15) is 0 Å². The van der Waals surface area contributed by atoms with E-state index in [1.807, 2.05) is 228 Å². The van der Waals surface area contributed by atoms with Gasteiger partial charge < -0.3 is 9.31 Å². The number of halogens is 1. The summed E-state index contributed by atoms with van der Waals surface area (Å²) in [6.45, 7) is 8.18. The van der Waals surface area contributed by atoms with Crippen LogP contribution in [0, 0.1) is 0 Å². The van der Waals surface area contributed by atoms with Crippen molar-refractivity contribution in [2.24, 2.45) is 0 Å². The zero-order chi connectivity index (χ0) is 68.4. The van der Waals surface area contributed by atoms with Gasteiger partial charge in [0.25, 0.3) is 0 Å². The topological polar surface area (TPSA) is 104 Å². The van der Waals surface area contributed by atoms with Crippen LogP contribution in [0.2, 0.25) is 0 Å². The van der Waals surface area contributed by atoms with Crippen LogP contribution in [0.25, 0.3) is 56.5 Å². The van der Waals surface area contributed by atoms with Gasteiger partial charge in [0, 0.05) is 54.5 Å². The van der Waals surface area contributed by atoms with Gasteiger partial charge >= 0.3 is 7.12 Å². The van der Waals surface area contributed by atoms with Gasteiger partial charge in [-0.15, -0.1) is 0 Å². The summed E-state index contributed by atoms with van der Waals surface area (Å²) in [5, 5.41) is 0. The summed E-state index contributed by atoms with van der Waals surface area (Å²) in [6, 6.07) is 115. The smallest absolute Gasteiger partial charge is 0.398 e. The van der Waals surface area contributed by atoms with E-state index in [9.17, 15) is 9.59 Å². The van der Waals surface area contributed by atoms with E-state index in [1.165, 1.54) is 0 Å². The van der Waals surface area contributed by atoms with Gasteiger partial charge in [0.1, 0.15) is 0 Å². The van der Waals surface area contributed by atoms with Crippen molar-refractivity contribution in [2.45, 2.75) is 49.7 Å². The fourth-order valence-corrected chi connectivity index (χ4v) is 14.6. The first-order valence-corrected chi connectivity index (χ1v) is 34.4. The van der Waals surface area contributed by atoms with E-state index in [0.717, 1.165) is 111 Å². The molecule has 0 saturated carbocycles. The summed E-state index contributed by atoms with van der Waals surface area (Å²) in [5.74, 6) is 1.41. The average molecular weight is 1360 g/mol. The third kappa shape index (κ3) is 11.8. The zero-order valence-corrected chi connectivity index (χ0v) is 57.3. The van der Waals surface area contributed by atoms with Crippen LogP contribution in [0.3, 0.4) is 0 Å². The Bertz CT molecular complexity index is 5090. The number of fused-ring (bicyclic) bond motifs is 4. The molecule has 0 unspecified atom stereocenters. The van der Waals surface area contributed by atoms with Crippen LogP contribution in [-0.2, 0) is 20.1 Å². The molecule has 1 aliphatic heterocycles. The highest BCUT2D eigenvalue weighted by Crippen LogP contribution is 2.53. The third-order valence-electron chi connectivity index (χ3n) is 19.7. The fraction of sp³-hybridized carbons (Fsp3) is 0.0889. The molecule has 0 spiro atoms. The number of aromatic nitrogens is 4. The summed E-state index contributed by atoms with van der Waals surface area (Å²) in [7, 11) is -0.525. The van der Waals surface area contributed by atoms with E-state index in [2.05, 4.69) is 155 Å². The lowest BCUT2D eigenvalue weighted by Gasteiger charge is -2.41. The molecule has 12 aromatic carbocycles. The normalized spacial score (nSPS) is 14.7. The van der Waals surface area contributed by atoms with Crippen LogP contribution < -0.4 is 5.59 Å². The van der Waals surface area contributed by atoms with Gasteiger partial charge in [-0.1, -0.05) is 325 Å². The SMILES string of the molecule is CC1(C)OB(c2cc(-c3ccccc3)nc(-c3ccccc3)n2)OC1(C)C.O=C1c2ccccc2C(c2ccccc2)(c2ccccc2)c2ccc(-c3cc(-c4ccccc4)nc(-c4ccccc4)n3)cc21.O=C1c2ccccc2C(c2ccccc2)(c2ccccc2)c2ccc(Br)cc21. The van der Waals surface area contributed by atoms with Gasteiger partial charge in [0.05, 0.1) is 44.7 Å². The maximum absolute atomic E-state index is 14.4. The zero-order valence-electron chi connectivity index (χ0n) is 55.7. The number of rotatable bonds is 10. The molecule has 10 heteroatoms. The number of carbonyl (C=O) groups excluding carboxylic acids is 2. The molecule has 0 radical (unpaired) electrons. The van der Waals surface area contributed by atoms with Crippen molar-refractivity contribution in [3.05, 3.63) is 411 Å². The van der Waals surface area contributed by atoms with Crippen LogP contribution in [0.4, 0.5) is 0 Å². The standard InChI is InChI=1S/C42H28N2O.C26H17BrO.C22H23BN2O2/c45-40-34-23-13-14-24-36(34)42(32-19-9-3-10-20-32,33-21-11-4-12-22-33)37-26-25-31(27-35(37)40)39-28-38(29-15-5-1-6-16-29)43-41(44-39)30-17-7-2-8-18-30;27-20-15-16-24-22(17-20)25(28)21-13-7-8-14-23(21)26(24,18-9-3-1-4-10-18)19-11-5-2-6-12-19;1-21(2)22(3,4)27-23(26-21)19-15-18(16-11-7-5-8-12-16)24-20(25-19)17-13-9-6-10-14-17/h1-28H;1-17H;5-15H,1-4H3. The highest BCUT2D eigenvalue weighted by molar-refractivity contribution is 9.10. The number of hydrogen-bond acceptors (Lipinski definition) is 8. The predicted molar refractivity (Wildman–Crippen MR) is 405 cm³/mol. The van der Waals surface area contributed by atoms with E-state index >= 15 is 0 Å². The first-order chi connectivity index (χ1) is 48.8. The maximum Gasteiger partial charge on any atom is 0.514 e. The lowest BCUT2D eigenvalue weighted by molar-refractivity contribution is 0.00578. The molecular weight excluding hydrogens is 1290 g/mol. The maximum atomic E-state index is 14.4. The Morgan fingerprint density at radius 2 is 0.600 bits per heavy atom. The molecule has 0 amide bonds. The second-order valence-electron chi connectivity index (χ2n) is 26.2. The summed E-state index contributed by atoms with van der Waals surface area (Å²) < 4.78 is 13.3. The predicted octanol–water partition coefficient (Wildman–Crippen LogP) is 19.9. The van der Waals surface area contributed by atoms with Gasteiger partial charge in [-0.05, 0) is 103 Å². The van der Waals surface area contributed by atoms with Crippen LogP contribution in [-0.4, -0.2) is 49.8 Å². The van der Waals surface area contributed by atoms with Crippen LogP contribution in [0.1, 0.15) is 104 Å². The minimum atomic E-state index is -0.670. The largest absolute Gasteiger partial charge is 0.514 e. The van der Waals surface area contributed by atoms with Crippen LogP contribution in [0.15, 0.2) is 344 Å². The van der Waals surface area contributed by atoms with E-state index < -0.39 is 29.2 Å². The van der Waals surface area contributed by atoms with Crippen molar-refractivity contribution in [1.29, 1.82) is 0 Å². The summed E-state index contributed by atoms with van der Waals surface area (Å²) in [6.07, 6.45) is 0. The molecule has 3 heterocycles. The lowest BCUT2D eigenvalue weighted by Crippen LogP contribution is -2.41. The van der Waals surface area contributed by atoms with Crippen molar-refractivity contribution in [3.63, 3.8) is 0 Å².